The fourth-order valence-electron chi connectivity index (χ4n) is 3.98. The molecule has 12 heteroatoms. The number of carbonyl (C=O) groups excluding carboxylic acids is 1. The van der Waals surface area contributed by atoms with Crippen molar-refractivity contribution in [1.29, 1.82) is 0 Å². The molecular formula is C13H8F10O2. The van der Waals surface area contributed by atoms with Crippen molar-refractivity contribution in [3.63, 3.8) is 0 Å². The molecule has 0 amide bonds. The Morgan fingerprint density at radius 1 is 0.800 bits per heavy atom. The van der Waals surface area contributed by atoms with Gasteiger partial charge in [-0.1, -0.05) is 6.58 Å². The number of esters is 1. The predicted molar refractivity (Wildman–Crippen MR) is 60.0 cm³/mol. The second-order valence-corrected chi connectivity index (χ2v) is 6.23. The first-order chi connectivity index (χ1) is 11.2. The fourth-order valence-corrected chi connectivity index (χ4v) is 3.98. The fraction of sp³-hybridized carbons (Fsp3) is 0.769. The molecule has 0 aromatic carbocycles. The van der Waals surface area contributed by atoms with Crippen molar-refractivity contribution in [2.45, 2.75) is 59.4 Å². The molecule has 4 bridgehead atoms. The highest BCUT2D eigenvalue weighted by molar-refractivity contribution is 5.82. The number of rotatable bonds is 2. The second kappa shape index (κ2) is 4.43. The third-order valence-corrected chi connectivity index (χ3v) is 5.24. The Kier molecular flexibility index (Phi) is 3.24. The van der Waals surface area contributed by atoms with Gasteiger partial charge in [-0.25, -0.2) is 39.9 Å². The van der Waals surface area contributed by atoms with E-state index in [9.17, 15) is 48.7 Å². The molecule has 4 fully saturated rings. The molecule has 7 unspecified atom stereocenters. The normalized spacial score (nSPS) is 58.9. The van der Waals surface area contributed by atoms with Gasteiger partial charge in [0.1, 0.15) is 0 Å². The van der Waals surface area contributed by atoms with Gasteiger partial charge >= 0.3 is 11.9 Å². The molecule has 0 radical (unpaired) electrons. The predicted octanol–water partition coefficient (Wildman–Crippen LogP) is 2.95. The zero-order valence-electron chi connectivity index (χ0n) is 11.8. The standard InChI is InChI=1S/C13H8F10O2/c1-2-3(24)25-10-4(14)9(19)5(15)11(20,7(10)17)13(22,23)12(21,6(9)16)8(10)18/h2,4-8H,1H2. The van der Waals surface area contributed by atoms with Gasteiger partial charge in [0.2, 0.25) is 22.6 Å². The molecule has 0 aromatic heterocycles. The van der Waals surface area contributed by atoms with Crippen molar-refractivity contribution in [3.05, 3.63) is 12.7 Å². The summed E-state index contributed by atoms with van der Waals surface area (Å²) >= 11 is 0. The Bertz CT molecular complexity index is 623. The van der Waals surface area contributed by atoms with Crippen molar-refractivity contribution in [3.8, 4) is 0 Å². The van der Waals surface area contributed by atoms with Gasteiger partial charge < -0.3 is 4.74 Å². The van der Waals surface area contributed by atoms with Crippen LogP contribution in [0.5, 0.6) is 0 Å². The molecule has 4 saturated carbocycles. The minimum atomic E-state index is -6.07. The summed E-state index contributed by atoms with van der Waals surface area (Å²) in [6.07, 6.45) is -21.9. The number of alkyl halides is 10. The molecule has 4 rings (SSSR count). The number of ether oxygens (including phenoxy) is 1. The SMILES string of the molecule is C=CC(=O)OC12C(F)C3(F)C(F)C(F)(C1F)C(F)(F)C(F)(C3F)C2F. The largest absolute Gasteiger partial charge is 0.446 e. The summed E-state index contributed by atoms with van der Waals surface area (Å²) in [5.41, 5.74) is -20.6. The number of halogens is 10. The second-order valence-electron chi connectivity index (χ2n) is 6.23. The summed E-state index contributed by atoms with van der Waals surface area (Å²) in [6.45, 7) is 2.72. The van der Waals surface area contributed by atoms with E-state index >= 15 is 0 Å². The molecule has 0 heterocycles. The first kappa shape index (κ1) is 18.3. The lowest BCUT2D eigenvalue weighted by molar-refractivity contribution is -0.448. The first-order valence-electron chi connectivity index (χ1n) is 6.73. The van der Waals surface area contributed by atoms with Crippen LogP contribution in [0, 0.1) is 0 Å². The van der Waals surface area contributed by atoms with Gasteiger partial charge in [-0.15, -0.1) is 0 Å². The van der Waals surface area contributed by atoms with E-state index in [0.717, 1.165) is 0 Å². The molecule has 0 saturated heterocycles. The van der Waals surface area contributed by atoms with Gasteiger partial charge in [0.15, 0.2) is 30.9 Å². The Labute approximate surface area is 132 Å². The monoisotopic (exact) mass is 386 g/mol. The van der Waals surface area contributed by atoms with E-state index in [-0.39, 0.29) is 6.08 Å². The van der Waals surface area contributed by atoms with E-state index in [0.29, 0.717) is 0 Å². The van der Waals surface area contributed by atoms with Gasteiger partial charge in [0, 0.05) is 6.08 Å². The van der Waals surface area contributed by atoms with Crippen molar-refractivity contribution in [1.82, 2.24) is 0 Å². The van der Waals surface area contributed by atoms with Crippen molar-refractivity contribution < 1.29 is 53.4 Å². The number of hydrogen-bond acceptors (Lipinski definition) is 2. The van der Waals surface area contributed by atoms with E-state index in [2.05, 4.69) is 11.3 Å². The number of carbonyl (C=O) groups is 1. The maximum atomic E-state index is 14.6. The summed E-state index contributed by atoms with van der Waals surface area (Å²) in [5.74, 6) is -8.04. The third-order valence-electron chi connectivity index (χ3n) is 5.24. The van der Waals surface area contributed by atoms with E-state index < -0.39 is 65.4 Å². The summed E-state index contributed by atoms with van der Waals surface area (Å²) in [6, 6.07) is 0. The molecule has 7 atom stereocenters. The zero-order valence-corrected chi connectivity index (χ0v) is 11.8. The van der Waals surface area contributed by atoms with Gasteiger partial charge in [0.25, 0.3) is 0 Å². The highest BCUT2D eigenvalue weighted by atomic mass is 19.3. The molecule has 0 spiro atoms. The molecule has 0 aliphatic heterocycles. The average Bonchev–Trinajstić information content (AvgIpc) is 2.57. The van der Waals surface area contributed by atoms with Crippen LogP contribution in [0.25, 0.3) is 0 Å². The van der Waals surface area contributed by atoms with Crippen LogP contribution in [-0.4, -0.2) is 65.4 Å². The molecule has 0 N–H and O–H groups in total. The van der Waals surface area contributed by atoms with Crippen LogP contribution in [-0.2, 0) is 9.53 Å². The topological polar surface area (TPSA) is 26.3 Å². The van der Waals surface area contributed by atoms with Crippen molar-refractivity contribution in [2.24, 2.45) is 0 Å². The van der Waals surface area contributed by atoms with Gasteiger partial charge in [-0.3, -0.25) is 0 Å². The average molecular weight is 386 g/mol. The highest BCUT2D eigenvalue weighted by Gasteiger charge is 3.03. The molecule has 0 aromatic rings. The van der Waals surface area contributed by atoms with Crippen LogP contribution >= 0.6 is 0 Å². The minimum Gasteiger partial charge on any atom is -0.446 e. The van der Waals surface area contributed by atoms with Crippen LogP contribution in [0.2, 0.25) is 0 Å². The van der Waals surface area contributed by atoms with Crippen LogP contribution in [0.3, 0.4) is 0 Å². The van der Waals surface area contributed by atoms with Crippen LogP contribution in [0.1, 0.15) is 0 Å². The van der Waals surface area contributed by atoms with Crippen molar-refractivity contribution >= 4 is 5.97 Å². The molecule has 142 valence electrons. The first-order valence-corrected chi connectivity index (χ1v) is 6.73. The molecule has 4 aliphatic rings. The Balaban J connectivity index is 2.38. The minimum absolute atomic E-state index is 0.101. The lowest BCUT2D eigenvalue weighted by atomic mass is 9.44. The quantitative estimate of drug-likeness (QED) is 0.415. The van der Waals surface area contributed by atoms with E-state index in [1.165, 1.54) is 0 Å². The van der Waals surface area contributed by atoms with E-state index in [1.807, 2.05) is 0 Å². The van der Waals surface area contributed by atoms with Gasteiger partial charge in [-0.05, 0) is 0 Å². The molecule has 25 heavy (non-hydrogen) atoms. The smallest absolute Gasteiger partial charge is 0.331 e. The lowest BCUT2D eigenvalue weighted by Gasteiger charge is -2.69. The van der Waals surface area contributed by atoms with Crippen LogP contribution in [0.15, 0.2) is 12.7 Å². The lowest BCUT2D eigenvalue weighted by Crippen LogP contribution is -2.99. The Hall–Kier alpha value is -1.49. The van der Waals surface area contributed by atoms with E-state index in [1.54, 1.807) is 0 Å². The maximum absolute atomic E-state index is 14.6. The molecule has 4 aliphatic carbocycles. The zero-order chi connectivity index (χ0) is 19.4. The summed E-state index contributed by atoms with van der Waals surface area (Å²) in [7, 11) is 0. The van der Waals surface area contributed by atoms with E-state index in [4.69, 9.17) is 0 Å². The van der Waals surface area contributed by atoms with Gasteiger partial charge in [-0.2, -0.15) is 8.78 Å². The van der Waals surface area contributed by atoms with Crippen LogP contribution < -0.4 is 0 Å². The molecule has 2 nitrogen and oxygen atoms in total. The summed E-state index contributed by atoms with van der Waals surface area (Å²) in [5, 5.41) is 0. The Morgan fingerprint density at radius 3 is 1.56 bits per heavy atom. The van der Waals surface area contributed by atoms with Crippen LogP contribution in [0.4, 0.5) is 43.9 Å². The third kappa shape index (κ3) is 1.36. The van der Waals surface area contributed by atoms with Crippen molar-refractivity contribution in [2.75, 3.05) is 0 Å². The number of hydrogen-bond donors (Lipinski definition) is 0. The molecular weight excluding hydrogens is 378 g/mol. The van der Waals surface area contributed by atoms with Gasteiger partial charge in [0.05, 0.1) is 0 Å². The summed E-state index contributed by atoms with van der Waals surface area (Å²) < 4.78 is 147. The Morgan fingerprint density at radius 2 is 1.20 bits per heavy atom. The summed E-state index contributed by atoms with van der Waals surface area (Å²) in [4.78, 5) is 11.2. The highest BCUT2D eigenvalue weighted by Crippen LogP contribution is 2.74. The maximum Gasteiger partial charge on any atom is 0.331 e.